The Balaban J connectivity index is 1.98. The van der Waals surface area contributed by atoms with Gasteiger partial charge in [0.15, 0.2) is 0 Å². The highest BCUT2D eigenvalue weighted by molar-refractivity contribution is 5.34. The van der Waals surface area contributed by atoms with Crippen LogP contribution in [-0.2, 0) is 6.54 Å². The zero-order chi connectivity index (χ0) is 15.1. The molecule has 1 unspecified atom stereocenters. The molecule has 2 rings (SSSR count). The number of nitrogens with zero attached hydrogens (tertiary/aromatic N) is 2. The normalized spacial score (nSPS) is 19.6. The van der Waals surface area contributed by atoms with Crippen molar-refractivity contribution in [3.05, 3.63) is 39.9 Å². The van der Waals surface area contributed by atoms with Crippen LogP contribution in [0.15, 0.2) is 24.3 Å². The molecule has 1 fully saturated rings. The minimum absolute atomic E-state index is 0.185. The molecule has 1 aliphatic rings. The number of non-ortho nitro benzene ring substituents is 1. The van der Waals surface area contributed by atoms with E-state index >= 15 is 0 Å². The monoisotopic (exact) mass is 291 g/mol. The fourth-order valence-electron chi connectivity index (χ4n) is 2.95. The minimum Gasteiger partial charge on any atom is -0.315 e. The van der Waals surface area contributed by atoms with E-state index < -0.39 is 0 Å². The molecule has 0 spiro atoms. The van der Waals surface area contributed by atoms with Crippen molar-refractivity contribution in [1.82, 2.24) is 10.2 Å². The van der Waals surface area contributed by atoms with Crippen LogP contribution in [0.5, 0.6) is 0 Å². The lowest BCUT2D eigenvalue weighted by atomic mass is 10.0. The van der Waals surface area contributed by atoms with Crippen LogP contribution in [0.1, 0.15) is 38.2 Å². The van der Waals surface area contributed by atoms with Crippen molar-refractivity contribution >= 4 is 5.69 Å². The van der Waals surface area contributed by atoms with Gasteiger partial charge < -0.3 is 5.32 Å². The maximum Gasteiger partial charge on any atom is 0.269 e. The third kappa shape index (κ3) is 4.79. The zero-order valence-electron chi connectivity index (χ0n) is 12.8. The molecular weight excluding hydrogens is 266 g/mol. The molecule has 1 aromatic rings. The van der Waals surface area contributed by atoms with Crippen LogP contribution in [0, 0.1) is 10.1 Å². The maximum atomic E-state index is 10.9. The van der Waals surface area contributed by atoms with Gasteiger partial charge >= 0.3 is 0 Å². The van der Waals surface area contributed by atoms with Crippen LogP contribution in [0.4, 0.5) is 5.69 Å². The smallest absolute Gasteiger partial charge is 0.269 e. The first-order chi connectivity index (χ1) is 10.2. The van der Waals surface area contributed by atoms with E-state index in [2.05, 4.69) is 17.1 Å². The summed E-state index contributed by atoms with van der Waals surface area (Å²) in [6.45, 7) is 6.14. The summed E-state index contributed by atoms with van der Waals surface area (Å²) >= 11 is 0. The molecule has 1 atom stereocenters. The van der Waals surface area contributed by atoms with Crippen LogP contribution < -0.4 is 5.32 Å². The Bertz CT molecular complexity index is 465. The number of nitro benzene ring substituents is 1. The number of likely N-dealkylation sites (tertiary alicyclic amines) is 1. The van der Waals surface area contributed by atoms with Crippen LogP contribution >= 0.6 is 0 Å². The summed E-state index contributed by atoms with van der Waals surface area (Å²) < 4.78 is 0. The number of nitro groups is 1. The number of piperidine rings is 1. The van der Waals surface area contributed by atoms with Gasteiger partial charge in [0.2, 0.25) is 0 Å². The molecule has 0 saturated carbocycles. The van der Waals surface area contributed by atoms with E-state index in [4.69, 9.17) is 0 Å². The van der Waals surface area contributed by atoms with E-state index in [9.17, 15) is 10.1 Å². The molecular formula is C16H25N3O2. The molecule has 1 heterocycles. The summed E-state index contributed by atoms with van der Waals surface area (Å²) in [5, 5.41) is 14.4. The number of rotatable bonds is 7. The topological polar surface area (TPSA) is 58.4 Å². The van der Waals surface area contributed by atoms with Crippen LogP contribution in [0.3, 0.4) is 0 Å². The molecule has 1 aromatic carbocycles. The summed E-state index contributed by atoms with van der Waals surface area (Å²) in [6.07, 6.45) is 4.87. The molecule has 1 N–H and O–H groups in total. The molecule has 0 amide bonds. The van der Waals surface area contributed by atoms with E-state index in [1.165, 1.54) is 19.3 Å². The Labute approximate surface area is 126 Å². The standard InChI is InChI=1S/C16H25N3O2/c1-2-9-17-12-16-7-3-4-10-18(16)13-14-6-5-8-15(11-14)19(20)21/h5-6,8,11,16-17H,2-4,7,9-10,12-13H2,1H3. The predicted octanol–water partition coefficient (Wildman–Crippen LogP) is 2.95. The van der Waals surface area contributed by atoms with Crippen molar-refractivity contribution in [3.63, 3.8) is 0 Å². The van der Waals surface area contributed by atoms with Crippen molar-refractivity contribution in [2.24, 2.45) is 0 Å². The summed E-state index contributed by atoms with van der Waals surface area (Å²) in [4.78, 5) is 13.0. The number of hydrogen-bond acceptors (Lipinski definition) is 4. The van der Waals surface area contributed by atoms with Gasteiger partial charge in [0.1, 0.15) is 0 Å². The first-order valence-corrected chi connectivity index (χ1v) is 7.89. The van der Waals surface area contributed by atoms with Crippen molar-refractivity contribution in [1.29, 1.82) is 0 Å². The Morgan fingerprint density at radius 2 is 2.29 bits per heavy atom. The lowest BCUT2D eigenvalue weighted by molar-refractivity contribution is -0.384. The third-order valence-corrected chi connectivity index (χ3v) is 4.06. The molecule has 5 heteroatoms. The van der Waals surface area contributed by atoms with Crippen LogP contribution in [-0.4, -0.2) is 35.5 Å². The minimum atomic E-state index is -0.319. The second kappa shape index (κ2) is 8.10. The van der Waals surface area contributed by atoms with Crippen LogP contribution in [0.25, 0.3) is 0 Å². The van der Waals surface area contributed by atoms with Gasteiger partial charge in [-0.3, -0.25) is 15.0 Å². The Hall–Kier alpha value is -1.46. The van der Waals surface area contributed by atoms with Crippen molar-refractivity contribution < 1.29 is 4.92 Å². The van der Waals surface area contributed by atoms with Gasteiger partial charge in [0, 0.05) is 31.3 Å². The molecule has 1 saturated heterocycles. The largest absolute Gasteiger partial charge is 0.315 e. The second-order valence-electron chi connectivity index (χ2n) is 5.75. The van der Waals surface area contributed by atoms with Gasteiger partial charge in [-0.15, -0.1) is 0 Å². The molecule has 1 aliphatic heterocycles. The quantitative estimate of drug-likeness (QED) is 0.477. The molecule has 21 heavy (non-hydrogen) atoms. The van der Waals surface area contributed by atoms with Crippen molar-refractivity contribution in [3.8, 4) is 0 Å². The molecule has 5 nitrogen and oxygen atoms in total. The van der Waals surface area contributed by atoms with Gasteiger partial charge in [0.05, 0.1) is 4.92 Å². The third-order valence-electron chi connectivity index (χ3n) is 4.06. The number of nitrogens with one attached hydrogen (secondary N) is 1. The van der Waals surface area contributed by atoms with Crippen molar-refractivity contribution in [2.75, 3.05) is 19.6 Å². The second-order valence-corrected chi connectivity index (χ2v) is 5.75. The van der Waals surface area contributed by atoms with E-state index in [0.29, 0.717) is 6.04 Å². The number of benzene rings is 1. The van der Waals surface area contributed by atoms with Crippen LogP contribution in [0.2, 0.25) is 0 Å². The molecule has 0 bridgehead atoms. The Morgan fingerprint density at radius 3 is 3.05 bits per heavy atom. The fraction of sp³-hybridized carbons (Fsp3) is 0.625. The van der Waals surface area contributed by atoms with Gasteiger partial charge in [0.25, 0.3) is 5.69 Å². The SMILES string of the molecule is CCCNCC1CCCCN1Cc1cccc([N+](=O)[O-])c1. The molecule has 116 valence electrons. The molecule has 0 aromatic heterocycles. The van der Waals surface area contributed by atoms with E-state index in [0.717, 1.165) is 38.2 Å². The lowest BCUT2D eigenvalue weighted by Crippen LogP contribution is -2.45. The first-order valence-electron chi connectivity index (χ1n) is 7.89. The average molecular weight is 291 g/mol. The van der Waals surface area contributed by atoms with E-state index in [1.54, 1.807) is 18.2 Å². The fourth-order valence-corrected chi connectivity index (χ4v) is 2.95. The van der Waals surface area contributed by atoms with Gasteiger partial charge in [-0.1, -0.05) is 25.5 Å². The number of hydrogen-bond donors (Lipinski definition) is 1. The van der Waals surface area contributed by atoms with Crippen molar-refractivity contribution in [2.45, 2.75) is 45.2 Å². The maximum absolute atomic E-state index is 10.9. The van der Waals surface area contributed by atoms with Gasteiger partial charge in [-0.2, -0.15) is 0 Å². The summed E-state index contributed by atoms with van der Waals surface area (Å²) in [7, 11) is 0. The van der Waals surface area contributed by atoms with Gasteiger partial charge in [-0.25, -0.2) is 0 Å². The van der Waals surface area contributed by atoms with E-state index in [-0.39, 0.29) is 10.6 Å². The first kappa shape index (κ1) is 15.9. The molecule has 0 aliphatic carbocycles. The highest BCUT2D eigenvalue weighted by Gasteiger charge is 2.22. The lowest BCUT2D eigenvalue weighted by Gasteiger charge is -2.36. The Morgan fingerprint density at radius 1 is 1.43 bits per heavy atom. The molecule has 0 radical (unpaired) electrons. The van der Waals surface area contributed by atoms with Gasteiger partial charge in [-0.05, 0) is 37.9 Å². The zero-order valence-corrected chi connectivity index (χ0v) is 12.8. The average Bonchev–Trinajstić information content (AvgIpc) is 2.49. The summed E-state index contributed by atoms with van der Waals surface area (Å²) in [6, 6.07) is 7.56. The van der Waals surface area contributed by atoms with E-state index in [1.807, 2.05) is 6.07 Å². The summed E-state index contributed by atoms with van der Waals surface area (Å²) in [5.74, 6) is 0. The Kier molecular flexibility index (Phi) is 6.14. The summed E-state index contributed by atoms with van der Waals surface area (Å²) in [5.41, 5.74) is 1.22. The predicted molar refractivity (Wildman–Crippen MR) is 84.3 cm³/mol. The highest BCUT2D eigenvalue weighted by atomic mass is 16.6. The highest BCUT2D eigenvalue weighted by Crippen LogP contribution is 2.21.